The molecule has 0 atom stereocenters. The van der Waals surface area contributed by atoms with Crippen LogP contribution in [0.1, 0.15) is 34.5 Å². The molecule has 0 aliphatic heterocycles. The van der Waals surface area contributed by atoms with Gasteiger partial charge >= 0.3 is 0 Å². The van der Waals surface area contributed by atoms with Crippen molar-refractivity contribution < 1.29 is 13.2 Å². The van der Waals surface area contributed by atoms with Crippen LogP contribution in [-0.2, 0) is 22.9 Å². The van der Waals surface area contributed by atoms with Crippen molar-refractivity contribution in [3.63, 3.8) is 0 Å². The van der Waals surface area contributed by atoms with E-state index in [-0.39, 0.29) is 10.6 Å². The first-order valence-corrected chi connectivity index (χ1v) is 8.89. The van der Waals surface area contributed by atoms with Crippen LogP contribution in [0.15, 0.2) is 47.5 Å². The average Bonchev–Trinajstić information content (AvgIpc) is 2.60. The van der Waals surface area contributed by atoms with E-state index in [1.807, 2.05) is 6.07 Å². The summed E-state index contributed by atoms with van der Waals surface area (Å²) in [5.41, 5.74) is 4.58. The number of amides is 1. The van der Waals surface area contributed by atoms with Crippen molar-refractivity contribution in [2.24, 2.45) is 0 Å². The zero-order valence-electron chi connectivity index (χ0n) is 12.5. The van der Waals surface area contributed by atoms with Crippen molar-refractivity contribution in [2.45, 2.75) is 30.6 Å². The molecule has 1 aromatic carbocycles. The minimum atomic E-state index is -3.81. The third kappa shape index (κ3) is 3.57. The van der Waals surface area contributed by atoms with Crippen LogP contribution in [0.25, 0.3) is 0 Å². The van der Waals surface area contributed by atoms with Gasteiger partial charge in [-0.2, -0.15) is 0 Å². The van der Waals surface area contributed by atoms with E-state index in [2.05, 4.69) is 15.2 Å². The number of nitrogens with zero attached hydrogens (tertiary/aromatic N) is 1. The standard InChI is InChI=1S/C16H17N3O3S/c20-16(15-7-3-4-10-17-15)18-19-23(21,22)14-9-8-12-5-1-2-6-13(12)11-14/h3-4,7-11,19H,1-2,5-6H2,(H,18,20). The highest BCUT2D eigenvalue weighted by molar-refractivity contribution is 7.89. The molecule has 120 valence electrons. The number of hydrogen-bond donors (Lipinski definition) is 2. The second-order valence-corrected chi connectivity index (χ2v) is 7.09. The lowest BCUT2D eigenvalue weighted by atomic mass is 9.92. The topological polar surface area (TPSA) is 88.2 Å². The molecular formula is C16H17N3O3S. The molecular weight excluding hydrogens is 314 g/mol. The van der Waals surface area contributed by atoms with Gasteiger partial charge in [0, 0.05) is 6.20 Å². The highest BCUT2D eigenvalue weighted by atomic mass is 32.2. The van der Waals surface area contributed by atoms with E-state index in [0.29, 0.717) is 0 Å². The fraction of sp³-hybridized carbons (Fsp3) is 0.250. The van der Waals surface area contributed by atoms with E-state index in [1.165, 1.54) is 17.8 Å². The molecule has 1 aromatic heterocycles. The van der Waals surface area contributed by atoms with Crippen LogP contribution in [-0.4, -0.2) is 19.3 Å². The number of carbonyl (C=O) groups excluding carboxylic acids is 1. The van der Waals surface area contributed by atoms with E-state index in [0.717, 1.165) is 31.2 Å². The van der Waals surface area contributed by atoms with Gasteiger partial charge in [0.25, 0.3) is 15.9 Å². The summed E-state index contributed by atoms with van der Waals surface area (Å²) in [6, 6.07) is 9.93. The fourth-order valence-electron chi connectivity index (χ4n) is 2.61. The van der Waals surface area contributed by atoms with Crippen molar-refractivity contribution in [3.05, 3.63) is 59.4 Å². The Bertz CT molecular complexity index is 820. The molecule has 1 heterocycles. The van der Waals surface area contributed by atoms with Gasteiger partial charge in [0.15, 0.2) is 0 Å². The van der Waals surface area contributed by atoms with Crippen molar-refractivity contribution in [2.75, 3.05) is 0 Å². The number of carbonyl (C=O) groups is 1. The predicted octanol–water partition coefficient (Wildman–Crippen LogP) is 1.58. The van der Waals surface area contributed by atoms with Crippen molar-refractivity contribution >= 4 is 15.9 Å². The number of benzene rings is 1. The average molecular weight is 331 g/mol. The molecule has 3 rings (SSSR count). The van der Waals surface area contributed by atoms with Crippen LogP contribution in [0.2, 0.25) is 0 Å². The fourth-order valence-corrected chi connectivity index (χ4v) is 3.50. The minimum Gasteiger partial charge on any atom is -0.272 e. The van der Waals surface area contributed by atoms with Crippen molar-refractivity contribution in [1.82, 2.24) is 15.2 Å². The molecule has 7 heteroatoms. The normalized spacial score (nSPS) is 14.1. The highest BCUT2D eigenvalue weighted by Crippen LogP contribution is 2.23. The molecule has 6 nitrogen and oxygen atoms in total. The smallest absolute Gasteiger partial charge is 0.272 e. The van der Waals surface area contributed by atoms with Crippen molar-refractivity contribution in [1.29, 1.82) is 0 Å². The first kappa shape index (κ1) is 15.6. The monoisotopic (exact) mass is 331 g/mol. The number of fused-ring (bicyclic) bond motifs is 1. The second-order valence-electron chi connectivity index (χ2n) is 5.41. The summed E-state index contributed by atoms with van der Waals surface area (Å²) in [7, 11) is -3.81. The molecule has 0 bridgehead atoms. The van der Waals surface area contributed by atoms with Gasteiger partial charge in [-0.25, -0.2) is 8.42 Å². The number of hydrogen-bond acceptors (Lipinski definition) is 4. The molecule has 1 amide bonds. The molecule has 0 spiro atoms. The maximum Gasteiger partial charge on any atom is 0.284 e. The van der Waals surface area contributed by atoms with Gasteiger partial charge in [-0.15, -0.1) is 4.83 Å². The summed E-state index contributed by atoms with van der Waals surface area (Å²) in [5, 5.41) is 0. The summed E-state index contributed by atoms with van der Waals surface area (Å²) in [5.74, 6) is -0.605. The van der Waals surface area contributed by atoms with Crippen LogP contribution < -0.4 is 10.3 Å². The minimum absolute atomic E-state index is 0.139. The quantitative estimate of drug-likeness (QED) is 0.833. The maximum absolute atomic E-state index is 12.3. The van der Waals surface area contributed by atoms with Crippen LogP contribution in [0.3, 0.4) is 0 Å². The lowest BCUT2D eigenvalue weighted by Gasteiger charge is -2.16. The molecule has 2 N–H and O–H groups in total. The lowest BCUT2D eigenvalue weighted by molar-refractivity contribution is 0.0940. The SMILES string of the molecule is O=C(NNS(=O)(=O)c1ccc2c(c1)CCCC2)c1ccccn1. The van der Waals surface area contributed by atoms with E-state index in [4.69, 9.17) is 0 Å². The molecule has 0 saturated carbocycles. The van der Waals surface area contributed by atoms with E-state index >= 15 is 0 Å². The third-order valence-electron chi connectivity index (χ3n) is 3.83. The lowest BCUT2D eigenvalue weighted by Crippen LogP contribution is -2.41. The molecule has 1 aliphatic rings. The molecule has 0 saturated heterocycles. The Morgan fingerprint density at radius 3 is 2.57 bits per heavy atom. The van der Waals surface area contributed by atoms with Gasteiger partial charge in [0.2, 0.25) is 0 Å². The summed E-state index contributed by atoms with van der Waals surface area (Å²) in [6.45, 7) is 0. The summed E-state index contributed by atoms with van der Waals surface area (Å²) in [4.78, 5) is 18.0. The number of sulfonamides is 1. The number of rotatable bonds is 4. The third-order valence-corrected chi connectivity index (χ3v) is 5.07. The van der Waals surface area contributed by atoms with Crippen LogP contribution in [0.4, 0.5) is 0 Å². The first-order chi connectivity index (χ1) is 11.1. The van der Waals surface area contributed by atoms with Gasteiger partial charge in [0.1, 0.15) is 5.69 Å². The Hall–Kier alpha value is -2.25. The van der Waals surface area contributed by atoms with Crippen LogP contribution in [0.5, 0.6) is 0 Å². The molecule has 0 unspecified atom stereocenters. The predicted molar refractivity (Wildman–Crippen MR) is 85.1 cm³/mol. The summed E-state index contributed by atoms with van der Waals surface area (Å²) < 4.78 is 24.6. The molecule has 23 heavy (non-hydrogen) atoms. The number of aryl methyl sites for hydroxylation is 2. The number of pyridine rings is 1. The molecule has 0 radical (unpaired) electrons. The number of hydrazine groups is 1. The number of aromatic nitrogens is 1. The molecule has 1 aliphatic carbocycles. The summed E-state index contributed by atoms with van der Waals surface area (Å²) in [6.07, 6.45) is 5.54. The Kier molecular flexibility index (Phi) is 4.40. The zero-order valence-corrected chi connectivity index (χ0v) is 13.3. The van der Waals surface area contributed by atoms with Crippen LogP contribution >= 0.6 is 0 Å². The van der Waals surface area contributed by atoms with Gasteiger partial charge < -0.3 is 0 Å². The second kappa shape index (κ2) is 6.47. The first-order valence-electron chi connectivity index (χ1n) is 7.41. The van der Waals surface area contributed by atoms with Gasteiger partial charge in [-0.05, 0) is 61.1 Å². The molecule has 2 aromatic rings. The van der Waals surface area contributed by atoms with E-state index in [1.54, 1.807) is 24.3 Å². The Labute approximate surface area is 135 Å². The molecule has 0 fully saturated rings. The van der Waals surface area contributed by atoms with Gasteiger partial charge in [-0.3, -0.25) is 15.2 Å². The van der Waals surface area contributed by atoms with E-state index in [9.17, 15) is 13.2 Å². The van der Waals surface area contributed by atoms with E-state index < -0.39 is 15.9 Å². The van der Waals surface area contributed by atoms with Crippen LogP contribution in [0, 0.1) is 0 Å². The highest BCUT2D eigenvalue weighted by Gasteiger charge is 2.19. The van der Waals surface area contributed by atoms with Gasteiger partial charge in [0.05, 0.1) is 4.90 Å². The van der Waals surface area contributed by atoms with Gasteiger partial charge in [-0.1, -0.05) is 12.1 Å². The number of nitrogens with one attached hydrogen (secondary N) is 2. The Morgan fingerprint density at radius 2 is 1.83 bits per heavy atom. The van der Waals surface area contributed by atoms with Crippen molar-refractivity contribution in [3.8, 4) is 0 Å². The Balaban J connectivity index is 1.73. The maximum atomic E-state index is 12.3. The largest absolute Gasteiger partial charge is 0.284 e. The Morgan fingerprint density at radius 1 is 1.04 bits per heavy atom. The zero-order chi connectivity index (χ0) is 16.3. The summed E-state index contributed by atoms with van der Waals surface area (Å²) >= 11 is 0.